The van der Waals surface area contributed by atoms with Gasteiger partial charge in [0, 0.05) is 29.2 Å². The van der Waals surface area contributed by atoms with Crippen molar-refractivity contribution in [2.24, 2.45) is 0 Å². The van der Waals surface area contributed by atoms with Gasteiger partial charge in [0.05, 0.1) is 12.5 Å². The molecule has 0 saturated carbocycles. The first-order chi connectivity index (χ1) is 18.1. The number of hydrogen-bond donors (Lipinski definition) is 2. The Morgan fingerprint density at radius 2 is 1.47 bits per heavy atom. The average Bonchev–Trinajstić information content (AvgIpc) is 3.33. The standard InChI is InChI=1S/C27H22ClF2N3O5/c28-19-8-4-17(5-9-19)26(37)32-12-13-33(27(38)18-2-1-3-21(30)14-18)25(32)24(36)31-22(15-23(34)35)16-6-10-20(29)11-7-16/h1-11,14,22,25H,12-13,15H2,(H,31,36)(H,34,35). The zero-order valence-corrected chi connectivity index (χ0v) is 20.6. The number of hydrogen-bond acceptors (Lipinski definition) is 4. The monoisotopic (exact) mass is 541 g/mol. The van der Waals surface area contributed by atoms with Gasteiger partial charge in [-0.25, -0.2) is 8.78 Å². The van der Waals surface area contributed by atoms with Gasteiger partial charge in [-0.2, -0.15) is 0 Å². The van der Waals surface area contributed by atoms with Crippen molar-refractivity contribution in [1.82, 2.24) is 15.1 Å². The van der Waals surface area contributed by atoms with E-state index >= 15 is 0 Å². The summed E-state index contributed by atoms with van der Waals surface area (Å²) in [6.45, 7) is -0.0480. The van der Waals surface area contributed by atoms with E-state index in [2.05, 4.69) is 5.32 Å². The number of nitrogens with one attached hydrogen (secondary N) is 1. The Balaban J connectivity index is 1.68. The van der Waals surface area contributed by atoms with Crippen LogP contribution in [-0.2, 0) is 9.59 Å². The van der Waals surface area contributed by atoms with Crippen LogP contribution in [0.3, 0.4) is 0 Å². The van der Waals surface area contributed by atoms with Gasteiger partial charge in [-0.05, 0) is 60.2 Å². The van der Waals surface area contributed by atoms with Crippen LogP contribution >= 0.6 is 11.6 Å². The summed E-state index contributed by atoms with van der Waals surface area (Å²) in [5.41, 5.74) is 0.510. The molecule has 0 aromatic heterocycles. The number of halogens is 3. The molecule has 11 heteroatoms. The first kappa shape index (κ1) is 26.7. The van der Waals surface area contributed by atoms with Crippen molar-refractivity contribution < 1.29 is 33.1 Å². The number of amides is 3. The van der Waals surface area contributed by atoms with E-state index in [1.165, 1.54) is 59.5 Å². The van der Waals surface area contributed by atoms with E-state index in [0.29, 0.717) is 10.6 Å². The number of carboxylic acids is 1. The minimum Gasteiger partial charge on any atom is -0.481 e. The summed E-state index contributed by atoms with van der Waals surface area (Å²) in [4.78, 5) is 54.2. The van der Waals surface area contributed by atoms with Crippen molar-refractivity contribution in [3.8, 4) is 0 Å². The topological polar surface area (TPSA) is 107 Å². The zero-order valence-electron chi connectivity index (χ0n) is 19.8. The summed E-state index contributed by atoms with van der Waals surface area (Å²) in [6, 6.07) is 14.7. The lowest BCUT2D eigenvalue weighted by atomic mass is 10.0. The number of aliphatic carboxylic acids is 1. The third-order valence-electron chi connectivity index (χ3n) is 6.06. The molecule has 0 aliphatic carbocycles. The highest BCUT2D eigenvalue weighted by atomic mass is 35.5. The fourth-order valence-electron chi connectivity index (χ4n) is 4.25. The van der Waals surface area contributed by atoms with Gasteiger partial charge in [0.2, 0.25) is 0 Å². The van der Waals surface area contributed by atoms with E-state index in [-0.39, 0.29) is 24.2 Å². The quantitative estimate of drug-likeness (QED) is 0.472. The van der Waals surface area contributed by atoms with Crippen LogP contribution in [0.1, 0.15) is 38.7 Å². The molecule has 2 atom stereocenters. The van der Waals surface area contributed by atoms with Crippen LogP contribution in [0.15, 0.2) is 72.8 Å². The second-order valence-corrected chi connectivity index (χ2v) is 9.04. The molecule has 2 N–H and O–H groups in total. The fourth-order valence-corrected chi connectivity index (χ4v) is 4.38. The van der Waals surface area contributed by atoms with E-state index in [1.54, 1.807) is 0 Å². The van der Waals surface area contributed by atoms with E-state index in [0.717, 1.165) is 23.1 Å². The number of rotatable bonds is 7. The Morgan fingerprint density at radius 1 is 0.868 bits per heavy atom. The van der Waals surface area contributed by atoms with Crippen LogP contribution in [0.25, 0.3) is 0 Å². The lowest BCUT2D eigenvalue weighted by molar-refractivity contribution is -0.138. The van der Waals surface area contributed by atoms with Crippen molar-refractivity contribution >= 4 is 35.3 Å². The van der Waals surface area contributed by atoms with Crippen LogP contribution in [0.5, 0.6) is 0 Å². The molecule has 0 bridgehead atoms. The Kier molecular flexibility index (Phi) is 8.02. The highest BCUT2D eigenvalue weighted by Gasteiger charge is 2.44. The van der Waals surface area contributed by atoms with Gasteiger partial charge in [0.15, 0.2) is 6.17 Å². The van der Waals surface area contributed by atoms with Crippen LogP contribution in [-0.4, -0.2) is 57.9 Å². The SMILES string of the molecule is O=C(O)CC(NC(=O)C1N(C(=O)c2ccc(Cl)cc2)CCN1C(=O)c1cccc(F)c1)c1ccc(F)cc1. The van der Waals surface area contributed by atoms with E-state index in [1.807, 2.05) is 0 Å². The predicted molar refractivity (Wildman–Crippen MR) is 133 cm³/mol. The summed E-state index contributed by atoms with van der Waals surface area (Å²) in [7, 11) is 0. The van der Waals surface area contributed by atoms with E-state index in [4.69, 9.17) is 11.6 Å². The minimum absolute atomic E-state index is 0.0131. The molecule has 1 aliphatic heterocycles. The Bertz CT molecular complexity index is 1370. The van der Waals surface area contributed by atoms with Gasteiger partial charge in [0.1, 0.15) is 11.6 Å². The normalized spacial score (nSPS) is 15.7. The summed E-state index contributed by atoms with van der Waals surface area (Å²) in [5.74, 6) is -4.50. The number of nitrogens with zero attached hydrogens (tertiary/aromatic N) is 2. The largest absolute Gasteiger partial charge is 0.481 e. The molecule has 196 valence electrons. The van der Waals surface area contributed by atoms with Crippen molar-refractivity contribution in [3.63, 3.8) is 0 Å². The highest BCUT2D eigenvalue weighted by Crippen LogP contribution is 2.24. The van der Waals surface area contributed by atoms with Crippen LogP contribution in [0, 0.1) is 11.6 Å². The van der Waals surface area contributed by atoms with Crippen LogP contribution < -0.4 is 5.32 Å². The first-order valence-corrected chi connectivity index (χ1v) is 11.9. The van der Waals surface area contributed by atoms with Gasteiger partial charge in [0.25, 0.3) is 17.7 Å². The summed E-state index contributed by atoms with van der Waals surface area (Å²) >= 11 is 5.92. The Morgan fingerprint density at radius 3 is 2.05 bits per heavy atom. The molecular formula is C27H22ClF2N3O5. The summed E-state index contributed by atoms with van der Waals surface area (Å²) in [6.07, 6.45) is -2.00. The van der Waals surface area contributed by atoms with E-state index in [9.17, 15) is 33.1 Å². The number of carbonyl (C=O) groups excluding carboxylic acids is 3. The van der Waals surface area contributed by atoms with Gasteiger partial charge in [-0.3, -0.25) is 19.2 Å². The Labute approximate surface area is 221 Å². The smallest absolute Gasteiger partial charge is 0.305 e. The third-order valence-corrected chi connectivity index (χ3v) is 6.31. The number of carbonyl (C=O) groups is 4. The molecule has 3 amide bonds. The van der Waals surface area contributed by atoms with Crippen molar-refractivity contribution in [1.29, 1.82) is 0 Å². The maximum absolute atomic E-state index is 13.8. The molecule has 0 radical (unpaired) electrons. The molecule has 1 aliphatic rings. The second kappa shape index (κ2) is 11.4. The van der Waals surface area contributed by atoms with Gasteiger partial charge >= 0.3 is 5.97 Å². The van der Waals surface area contributed by atoms with Crippen molar-refractivity contribution in [3.05, 3.63) is 106 Å². The molecule has 3 aromatic rings. The van der Waals surface area contributed by atoms with Crippen LogP contribution in [0.4, 0.5) is 8.78 Å². The molecule has 1 heterocycles. The Hall–Kier alpha value is -4.31. The molecule has 8 nitrogen and oxygen atoms in total. The third kappa shape index (κ3) is 5.97. The zero-order chi connectivity index (χ0) is 27.4. The molecule has 2 unspecified atom stereocenters. The summed E-state index contributed by atoms with van der Waals surface area (Å²) in [5, 5.41) is 12.4. The minimum atomic E-state index is -1.47. The molecule has 0 spiro atoms. The predicted octanol–water partition coefficient (Wildman–Crippen LogP) is 3.87. The van der Waals surface area contributed by atoms with Gasteiger partial charge < -0.3 is 20.2 Å². The average molecular weight is 542 g/mol. The van der Waals surface area contributed by atoms with Gasteiger partial charge in [-0.1, -0.05) is 29.8 Å². The first-order valence-electron chi connectivity index (χ1n) is 11.5. The molecule has 3 aromatic carbocycles. The molecule has 1 saturated heterocycles. The lowest BCUT2D eigenvalue weighted by Gasteiger charge is -2.31. The summed E-state index contributed by atoms with van der Waals surface area (Å²) < 4.78 is 27.3. The maximum Gasteiger partial charge on any atom is 0.305 e. The molecule has 1 fully saturated rings. The molecule has 38 heavy (non-hydrogen) atoms. The van der Waals surface area contributed by atoms with Crippen molar-refractivity contribution in [2.75, 3.05) is 13.1 Å². The van der Waals surface area contributed by atoms with Crippen LogP contribution in [0.2, 0.25) is 5.02 Å². The molecule has 4 rings (SSSR count). The highest BCUT2D eigenvalue weighted by molar-refractivity contribution is 6.30. The maximum atomic E-state index is 13.8. The lowest BCUT2D eigenvalue weighted by Crippen LogP contribution is -2.54. The number of carboxylic acid groups (broad SMARTS) is 1. The second-order valence-electron chi connectivity index (χ2n) is 8.60. The van der Waals surface area contributed by atoms with Gasteiger partial charge in [-0.15, -0.1) is 0 Å². The van der Waals surface area contributed by atoms with Crippen molar-refractivity contribution in [2.45, 2.75) is 18.6 Å². The van der Waals surface area contributed by atoms with E-state index < -0.39 is 54.0 Å². The molecular weight excluding hydrogens is 520 g/mol. The fraction of sp³-hybridized carbons (Fsp3) is 0.185. The number of benzene rings is 3.